The second-order valence-corrected chi connectivity index (χ2v) is 3.55. The largest absolute Gasteiger partial charge is 0.379 e. The molecule has 1 fully saturated rings. The lowest BCUT2D eigenvalue weighted by Gasteiger charge is -2.32. The Bertz CT molecular complexity index is 160. The van der Waals surface area contributed by atoms with Gasteiger partial charge in [0, 0.05) is 19.0 Å². The van der Waals surface area contributed by atoms with E-state index in [-0.39, 0.29) is 12.1 Å². The Kier molecular flexibility index (Phi) is 3.23. The van der Waals surface area contributed by atoms with Gasteiger partial charge in [-0.15, -0.1) is 0 Å². The summed E-state index contributed by atoms with van der Waals surface area (Å²) in [5, 5.41) is 9.24. The molecule has 12 heavy (non-hydrogen) atoms. The minimum atomic E-state index is -0.363. The number of carbonyl (C=O) groups is 1. The lowest BCUT2D eigenvalue weighted by molar-refractivity contribution is -0.123. The van der Waals surface area contributed by atoms with E-state index in [9.17, 15) is 9.90 Å². The number of aliphatic hydroxyl groups is 1. The van der Waals surface area contributed by atoms with E-state index in [2.05, 4.69) is 0 Å². The predicted octanol–water partition coefficient (Wildman–Crippen LogP) is 0.626. The maximum absolute atomic E-state index is 11.0. The van der Waals surface area contributed by atoms with E-state index in [1.54, 1.807) is 13.8 Å². The van der Waals surface area contributed by atoms with Gasteiger partial charge in [-0.2, -0.15) is 0 Å². The first-order valence-corrected chi connectivity index (χ1v) is 4.54. The van der Waals surface area contributed by atoms with Crippen LogP contribution in [0.4, 0.5) is 0 Å². The molecule has 1 atom stereocenters. The zero-order valence-electron chi connectivity index (χ0n) is 7.79. The van der Waals surface area contributed by atoms with Crippen LogP contribution in [-0.2, 0) is 4.79 Å². The summed E-state index contributed by atoms with van der Waals surface area (Å²) in [5.41, 5.74) is 0. The summed E-state index contributed by atoms with van der Waals surface area (Å²) in [7, 11) is 0. The second-order valence-electron chi connectivity index (χ2n) is 3.55. The quantitative estimate of drug-likeness (QED) is 0.662. The van der Waals surface area contributed by atoms with Crippen LogP contribution < -0.4 is 0 Å². The zero-order chi connectivity index (χ0) is 9.14. The Labute approximate surface area is 73.4 Å². The summed E-state index contributed by atoms with van der Waals surface area (Å²) in [4.78, 5) is 13.0. The molecule has 3 nitrogen and oxygen atoms in total. The molecule has 0 aromatic rings. The molecule has 0 amide bonds. The fraction of sp³-hybridized carbons (Fsp3) is 0.889. The monoisotopic (exact) mass is 171 g/mol. The van der Waals surface area contributed by atoms with Crippen LogP contribution in [0.5, 0.6) is 0 Å². The van der Waals surface area contributed by atoms with Crippen LogP contribution in [0.2, 0.25) is 0 Å². The van der Waals surface area contributed by atoms with Crippen molar-refractivity contribution in [1.29, 1.82) is 0 Å². The highest BCUT2D eigenvalue weighted by molar-refractivity contribution is 5.78. The second kappa shape index (κ2) is 4.01. The Balaban J connectivity index is 2.34. The van der Waals surface area contributed by atoms with Crippen molar-refractivity contribution in [3.8, 4) is 0 Å². The van der Waals surface area contributed by atoms with Crippen molar-refractivity contribution in [3.63, 3.8) is 0 Å². The first-order valence-electron chi connectivity index (χ1n) is 4.54. The summed E-state index contributed by atoms with van der Waals surface area (Å²) in [6.07, 6.45) is 1.44. The Morgan fingerprint density at radius 2 is 2.00 bits per heavy atom. The average Bonchev–Trinajstić information content (AvgIpc) is 2.04. The van der Waals surface area contributed by atoms with Crippen LogP contribution in [0.3, 0.4) is 0 Å². The van der Waals surface area contributed by atoms with Crippen molar-refractivity contribution in [2.45, 2.75) is 32.9 Å². The molecule has 0 aromatic carbocycles. The number of carbonyl (C=O) groups excluding carboxylic acids is 1. The van der Waals surface area contributed by atoms with Crippen LogP contribution in [-0.4, -0.2) is 35.1 Å². The summed E-state index contributed by atoms with van der Waals surface area (Å²) < 4.78 is 0. The molecule has 1 aliphatic rings. The summed E-state index contributed by atoms with van der Waals surface area (Å²) in [6, 6.07) is 0. The third-order valence-corrected chi connectivity index (χ3v) is 2.63. The van der Waals surface area contributed by atoms with Gasteiger partial charge in [0.1, 0.15) is 12.0 Å². The number of hydrogen-bond acceptors (Lipinski definition) is 3. The van der Waals surface area contributed by atoms with Crippen LogP contribution in [0.1, 0.15) is 26.7 Å². The van der Waals surface area contributed by atoms with Crippen molar-refractivity contribution < 1.29 is 9.90 Å². The van der Waals surface area contributed by atoms with Crippen molar-refractivity contribution in [3.05, 3.63) is 0 Å². The lowest BCUT2D eigenvalue weighted by Crippen LogP contribution is -2.41. The van der Waals surface area contributed by atoms with Crippen LogP contribution in [0.15, 0.2) is 0 Å². The van der Waals surface area contributed by atoms with E-state index >= 15 is 0 Å². The molecule has 0 bridgehead atoms. The standard InChI is InChI=1S/C9H17NO2/c1-7(11)9-3-5-10(6-4-9)8(2)12/h8-9,12H,3-6H2,1-2H3. The number of hydrogen-bond donors (Lipinski definition) is 1. The molecular formula is C9H17NO2. The number of rotatable bonds is 2. The van der Waals surface area contributed by atoms with Crippen molar-refractivity contribution in [2.75, 3.05) is 13.1 Å². The molecule has 0 aromatic heterocycles. The normalized spacial score (nSPS) is 23.9. The topological polar surface area (TPSA) is 40.5 Å². The highest BCUT2D eigenvalue weighted by Gasteiger charge is 2.23. The number of piperidine rings is 1. The van der Waals surface area contributed by atoms with E-state index in [4.69, 9.17) is 0 Å². The van der Waals surface area contributed by atoms with E-state index in [0.717, 1.165) is 25.9 Å². The molecule has 1 N–H and O–H groups in total. The smallest absolute Gasteiger partial charge is 0.133 e. The first-order chi connectivity index (χ1) is 5.61. The van der Waals surface area contributed by atoms with Crippen molar-refractivity contribution in [2.24, 2.45) is 5.92 Å². The van der Waals surface area contributed by atoms with Crippen molar-refractivity contribution in [1.82, 2.24) is 4.90 Å². The van der Waals surface area contributed by atoms with E-state index in [0.29, 0.717) is 5.78 Å². The summed E-state index contributed by atoms with van der Waals surface area (Å²) >= 11 is 0. The Hall–Kier alpha value is -0.410. The third kappa shape index (κ3) is 2.29. The molecular weight excluding hydrogens is 154 g/mol. The minimum absolute atomic E-state index is 0.236. The van der Waals surface area contributed by atoms with Gasteiger partial charge in [-0.1, -0.05) is 0 Å². The van der Waals surface area contributed by atoms with Gasteiger partial charge in [0.15, 0.2) is 0 Å². The van der Waals surface area contributed by atoms with Crippen LogP contribution in [0.25, 0.3) is 0 Å². The van der Waals surface area contributed by atoms with Gasteiger partial charge in [-0.3, -0.25) is 9.69 Å². The van der Waals surface area contributed by atoms with Gasteiger partial charge >= 0.3 is 0 Å². The molecule has 1 heterocycles. The van der Waals surface area contributed by atoms with Gasteiger partial charge in [0.25, 0.3) is 0 Å². The molecule has 0 aliphatic carbocycles. The van der Waals surface area contributed by atoms with Gasteiger partial charge < -0.3 is 5.11 Å². The lowest BCUT2D eigenvalue weighted by atomic mass is 9.93. The molecule has 1 saturated heterocycles. The molecule has 0 saturated carbocycles. The Morgan fingerprint density at radius 3 is 2.33 bits per heavy atom. The van der Waals surface area contributed by atoms with Crippen molar-refractivity contribution >= 4 is 5.78 Å². The summed E-state index contributed by atoms with van der Waals surface area (Å²) in [6.45, 7) is 5.13. The van der Waals surface area contributed by atoms with Gasteiger partial charge in [0.2, 0.25) is 0 Å². The first kappa shape index (κ1) is 9.68. The average molecular weight is 171 g/mol. The third-order valence-electron chi connectivity index (χ3n) is 2.63. The van der Waals surface area contributed by atoms with Gasteiger partial charge in [-0.25, -0.2) is 0 Å². The number of ketones is 1. The molecule has 1 unspecified atom stereocenters. The number of Topliss-reactive ketones (excluding diaryl/α,β-unsaturated/α-hetero) is 1. The van der Waals surface area contributed by atoms with Gasteiger partial charge in [0.05, 0.1) is 0 Å². The Morgan fingerprint density at radius 1 is 1.50 bits per heavy atom. The number of likely N-dealkylation sites (tertiary alicyclic amines) is 1. The minimum Gasteiger partial charge on any atom is -0.379 e. The SMILES string of the molecule is CC(=O)C1CCN(C(C)O)CC1. The molecule has 1 aliphatic heterocycles. The van der Waals surface area contributed by atoms with E-state index < -0.39 is 0 Å². The highest BCUT2D eigenvalue weighted by atomic mass is 16.3. The van der Waals surface area contributed by atoms with E-state index in [1.165, 1.54) is 0 Å². The fourth-order valence-corrected chi connectivity index (χ4v) is 1.68. The predicted molar refractivity (Wildman–Crippen MR) is 46.7 cm³/mol. The van der Waals surface area contributed by atoms with E-state index in [1.807, 2.05) is 4.90 Å². The van der Waals surface area contributed by atoms with Crippen LogP contribution >= 0.6 is 0 Å². The number of aliphatic hydroxyl groups excluding tert-OH is 1. The summed E-state index contributed by atoms with van der Waals surface area (Å²) in [5.74, 6) is 0.528. The molecule has 70 valence electrons. The molecule has 0 radical (unpaired) electrons. The zero-order valence-corrected chi connectivity index (χ0v) is 7.79. The van der Waals surface area contributed by atoms with Crippen LogP contribution in [0, 0.1) is 5.92 Å². The maximum Gasteiger partial charge on any atom is 0.133 e. The van der Waals surface area contributed by atoms with Gasteiger partial charge in [-0.05, 0) is 26.7 Å². The molecule has 3 heteroatoms. The maximum atomic E-state index is 11.0. The highest BCUT2D eigenvalue weighted by Crippen LogP contribution is 2.18. The fourth-order valence-electron chi connectivity index (χ4n) is 1.68. The number of nitrogens with zero attached hydrogens (tertiary/aromatic N) is 1. The molecule has 0 spiro atoms. The molecule has 1 rings (SSSR count).